The molecule has 0 N–H and O–H groups in total. The van der Waals surface area contributed by atoms with Gasteiger partial charge in [-0.15, -0.1) is 0 Å². The van der Waals surface area contributed by atoms with Crippen molar-refractivity contribution >= 4 is 0 Å². The molecule has 0 spiro atoms. The van der Waals surface area contributed by atoms with Crippen molar-refractivity contribution in [3.8, 4) is 0 Å². The topological polar surface area (TPSA) is 9.23 Å². The molecule has 1 fully saturated rings. The number of hydrogen-bond donors (Lipinski definition) is 0. The van der Waals surface area contributed by atoms with E-state index in [0.29, 0.717) is 6.10 Å². The standard InChI is InChI=1S/C13H20O/c1-3-7-12-10(5-1)9-11-6-2-4-8-13(11)14-12/h10,12H,1-9H2. The summed E-state index contributed by atoms with van der Waals surface area (Å²) in [5.41, 5.74) is 1.68. The first-order valence-corrected chi connectivity index (χ1v) is 6.31. The van der Waals surface area contributed by atoms with Crippen molar-refractivity contribution in [1.82, 2.24) is 0 Å². The minimum absolute atomic E-state index is 0.598. The fraction of sp³-hybridized carbons (Fsp3) is 0.846. The molecule has 0 saturated heterocycles. The third-order valence-corrected chi connectivity index (χ3v) is 4.17. The van der Waals surface area contributed by atoms with Gasteiger partial charge in [0.2, 0.25) is 0 Å². The van der Waals surface area contributed by atoms with E-state index < -0.39 is 0 Å². The Labute approximate surface area is 86.5 Å². The monoisotopic (exact) mass is 192 g/mol. The van der Waals surface area contributed by atoms with Gasteiger partial charge in [0.15, 0.2) is 0 Å². The van der Waals surface area contributed by atoms with E-state index in [1.54, 1.807) is 5.57 Å². The second-order valence-electron chi connectivity index (χ2n) is 5.14. The third-order valence-electron chi connectivity index (χ3n) is 4.17. The number of ether oxygens (including phenoxy) is 1. The molecule has 2 aliphatic carbocycles. The summed E-state index contributed by atoms with van der Waals surface area (Å²) in [7, 11) is 0. The molecule has 0 aromatic rings. The largest absolute Gasteiger partial charge is 0.495 e. The number of hydrogen-bond acceptors (Lipinski definition) is 1. The van der Waals surface area contributed by atoms with E-state index in [-0.39, 0.29) is 0 Å². The summed E-state index contributed by atoms with van der Waals surface area (Å²) in [5, 5.41) is 0. The molecular formula is C13H20O. The van der Waals surface area contributed by atoms with Crippen LogP contribution in [0.25, 0.3) is 0 Å². The Morgan fingerprint density at radius 1 is 0.929 bits per heavy atom. The molecule has 0 bridgehead atoms. The molecule has 3 aliphatic rings. The Balaban J connectivity index is 1.79. The average molecular weight is 192 g/mol. The smallest absolute Gasteiger partial charge is 0.101 e. The number of fused-ring (bicyclic) bond motifs is 1. The average Bonchev–Trinajstić information content (AvgIpc) is 2.26. The molecule has 0 amide bonds. The normalized spacial score (nSPS) is 37.1. The van der Waals surface area contributed by atoms with E-state index in [0.717, 1.165) is 5.92 Å². The van der Waals surface area contributed by atoms with Crippen LogP contribution in [0.15, 0.2) is 11.3 Å². The lowest BCUT2D eigenvalue weighted by Crippen LogP contribution is -2.32. The highest BCUT2D eigenvalue weighted by molar-refractivity contribution is 5.16. The Morgan fingerprint density at radius 2 is 1.79 bits per heavy atom. The summed E-state index contributed by atoms with van der Waals surface area (Å²) in [4.78, 5) is 0. The van der Waals surface area contributed by atoms with Crippen LogP contribution in [-0.2, 0) is 4.74 Å². The quantitative estimate of drug-likeness (QED) is 0.567. The maximum absolute atomic E-state index is 6.17. The second kappa shape index (κ2) is 3.60. The highest BCUT2D eigenvalue weighted by Gasteiger charge is 2.33. The van der Waals surface area contributed by atoms with Crippen molar-refractivity contribution in [2.24, 2.45) is 5.92 Å². The fourth-order valence-corrected chi connectivity index (χ4v) is 3.36. The molecule has 1 nitrogen and oxygen atoms in total. The van der Waals surface area contributed by atoms with E-state index in [1.165, 1.54) is 63.5 Å². The Morgan fingerprint density at radius 3 is 2.79 bits per heavy atom. The van der Waals surface area contributed by atoms with E-state index in [9.17, 15) is 0 Å². The third kappa shape index (κ3) is 1.47. The van der Waals surface area contributed by atoms with Gasteiger partial charge in [-0.1, -0.05) is 6.42 Å². The van der Waals surface area contributed by atoms with Crippen LogP contribution in [0.4, 0.5) is 0 Å². The minimum Gasteiger partial charge on any atom is -0.495 e. The van der Waals surface area contributed by atoms with Gasteiger partial charge in [-0.3, -0.25) is 0 Å². The van der Waals surface area contributed by atoms with Crippen LogP contribution in [0.3, 0.4) is 0 Å². The molecule has 0 aromatic heterocycles. The van der Waals surface area contributed by atoms with Gasteiger partial charge >= 0.3 is 0 Å². The SMILES string of the molecule is C1CCC2=C(C1)CC1CCCCC1O2. The maximum atomic E-state index is 6.17. The van der Waals surface area contributed by atoms with Crippen molar-refractivity contribution in [2.75, 3.05) is 0 Å². The lowest BCUT2D eigenvalue weighted by atomic mass is 9.78. The lowest BCUT2D eigenvalue weighted by molar-refractivity contribution is 0.00721. The van der Waals surface area contributed by atoms with Gasteiger partial charge in [-0.25, -0.2) is 0 Å². The van der Waals surface area contributed by atoms with Crippen molar-refractivity contribution in [2.45, 2.75) is 63.9 Å². The van der Waals surface area contributed by atoms with Gasteiger partial charge < -0.3 is 4.74 Å². The Bertz CT molecular complexity index is 228. The van der Waals surface area contributed by atoms with E-state index in [2.05, 4.69) is 0 Å². The Hall–Kier alpha value is -0.460. The lowest BCUT2D eigenvalue weighted by Gasteiger charge is -2.39. The minimum atomic E-state index is 0.598. The van der Waals surface area contributed by atoms with Gasteiger partial charge in [0, 0.05) is 6.42 Å². The first-order chi connectivity index (χ1) is 6.93. The molecule has 0 aromatic carbocycles. The Kier molecular flexibility index (Phi) is 2.27. The molecule has 2 unspecified atom stereocenters. The molecule has 1 aliphatic heterocycles. The first-order valence-electron chi connectivity index (χ1n) is 6.31. The predicted octanol–water partition coefficient (Wildman–Crippen LogP) is 3.79. The zero-order valence-electron chi connectivity index (χ0n) is 8.93. The van der Waals surface area contributed by atoms with Crippen molar-refractivity contribution in [3.05, 3.63) is 11.3 Å². The van der Waals surface area contributed by atoms with Crippen LogP contribution < -0.4 is 0 Å². The summed E-state index contributed by atoms with van der Waals surface area (Å²) in [5.74, 6) is 2.28. The highest BCUT2D eigenvalue weighted by atomic mass is 16.5. The molecule has 2 atom stereocenters. The van der Waals surface area contributed by atoms with Crippen LogP contribution in [0, 0.1) is 5.92 Å². The fourth-order valence-electron chi connectivity index (χ4n) is 3.36. The summed E-state index contributed by atoms with van der Waals surface area (Å²) in [6.07, 6.45) is 12.9. The summed E-state index contributed by atoms with van der Waals surface area (Å²) >= 11 is 0. The van der Waals surface area contributed by atoms with E-state index in [4.69, 9.17) is 4.74 Å². The molecule has 3 rings (SSSR count). The van der Waals surface area contributed by atoms with Crippen LogP contribution in [-0.4, -0.2) is 6.10 Å². The summed E-state index contributed by atoms with van der Waals surface area (Å²) in [6, 6.07) is 0. The molecular weight excluding hydrogens is 172 g/mol. The van der Waals surface area contributed by atoms with Crippen LogP contribution in [0.5, 0.6) is 0 Å². The van der Waals surface area contributed by atoms with Crippen molar-refractivity contribution < 1.29 is 4.74 Å². The second-order valence-corrected chi connectivity index (χ2v) is 5.14. The van der Waals surface area contributed by atoms with Gasteiger partial charge in [0.25, 0.3) is 0 Å². The molecule has 0 radical (unpaired) electrons. The first kappa shape index (κ1) is 8.82. The van der Waals surface area contributed by atoms with Crippen molar-refractivity contribution in [1.29, 1.82) is 0 Å². The zero-order chi connectivity index (χ0) is 9.38. The molecule has 78 valence electrons. The molecule has 1 heteroatoms. The van der Waals surface area contributed by atoms with Gasteiger partial charge in [0.1, 0.15) is 6.10 Å². The van der Waals surface area contributed by atoms with Gasteiger partial charge in [0.05, 0.1) is 5.76 Å². The summed E-state index contributed by atoms with van der Waals surface area (Å²) < 4.78 is 6.17. The summed E-state index contributed by atoms with van der Waals surface area (Å²) in [6.45, 7) is 0. The predicted molar refractivity (Wildman–Crippen MR) is 56.9 cm³/mol. The zero-order valence-corrected chi connectivity index (χ0v) is 8.93. The van der Waals surface area contributed by atoms with Gasteiger partial charge in [-0.2, -0.15) is 0 Å². The number of rotatable bonds is 0. The molecule has 14 heavy (non-hydrogen) atoms. The van der Waals surface area contributed by atoms with Crippen LogP contribution in [0.1, 0.15) is 57.8 Å². The van der Waals surface area contributed by atoms with Gasteiger partial charge in [-0.05, 0) is 56.4 Å². The van der Waals surface area contributed by atoms with E-state index in [1.807, 2.05) is 0 Å². The maximum Gasteiger partial charge on any atom is 0.101 e. The molecule has 1 saturated carbocycles. The van der Waals surface area contributed by atoms with Crippen LogP contribution in [0.2, 0.25) is 0 Å². The molecule has 1 heterocycles. The van der Waals surface area contributed by atoms with Crippen LogP contribution >= 0.6 is 0 Å². The number of allylic oxidation sites excluding steroid dienone is 2. The highest BCUT2D eigenvalue weighted by Crippen LogP contribution is 2.42. The van der Waals surface area contributed by atoms with E-state index >= 15 is 0 Å². The van der Waals surface area contributed by atoms with Crippen molar-refractivity contribution in [3.63, 3.8) is 0 Å².